The Balaban J connectivity index is 2.83. The van der Waals surface area contributed by atoms with E-state index in [4.69, 9.17) is 10.2 Å². The molecule has 1 unspecified atom stereocenters. The topological polar surface area (TPSA) is 74.6 Å². The summed E-state index contributed by atoms with van der Waals surface area (Å²) in [6.07, 6.45) is 2.49. The first-order valence-corrected chi connectivity index (χ1v) is 4.13. The Hall–Kier alpha value is -1.32. The van der Waals surface area contributed by atoms with Crippen molar-refractivity contribution in [2.45, 2.75) is 19.8 Å². The molecule has 4 nitrogen and oxygen atoms in total. The van der Waals surface area contributed by atoms with E-state index in [2.05, 4.69) is 0 Å². The summed E-state index contributed by atoms with van der Waals surface area (Å²) < 4.78 is 0. The predicted molar refractivity (Wildman–Crippen MR) is 45.2 cm³/mol. The zero-order valence-corrected chi connectivity index (χ0v) is 7.36. The Labute approximate surface area is 75.9 Å². The number of allylic oxidation sites excluding steroid dienone is 2. The fourth-order valence-electron chi connectivity index (χ4n) is 1.60. The van der Waals surface area contributed by atoms with Gasteiger partial charge in [-0.25, -0.2) is 0 Å². The lowest BCUT2D eigenvalue weighted by Gasteiger charge is -2.23. The molecule has 0 saturated carbocycles. The monoisotopic (exact) mass is 184 g/mol. The fourth-order valence-corrected chi connectivity index (χ4v) is 1.60. The molecule has 0 saturated heterocycles. The molecule has 0 aromatic rings. The molecule has 2 N–H and O–H groups in total. The molecule has 0 radical (unpaired) electrons. The number of hydrogen-bond acceptors (Lipinski definition) is 2. The molecular formula is C9H12O4. The molecule has 0 heterocycles. The van der Waals surface area contributed by atoms with Gasteiger partial charge in [-0.05, 0) is 19.8 Å². The molecule has 13 heavy (non-hydrogen) atoms. The average Bonchev–Trinajstić information content (AvgIpc) is 2.03. The van der Waals surface area contributed by atoms with E-state index in [1.54, 1.807) is 6.08 Å². The molecule has 0 spiro atoms. The smallest absolute Gasteiger partial charge is 0.307 e. The first-order valence-electron chi connectivity index (χ1n) is 4.13. The highest BCUT2D eigenvalue weighted by molar-refractivity contribution is 5.80. The van der Waals surface area contributed by atoms with Crippen molar-refractivity contribution in [3.05, 3.63) is 11.6 Å². The maximum absolute atomic E-state index is 10.7. The van der Waals surface area contributed by atoms with Gasteiger partial charge in [0.1, 0.15) is 0 Å². The predicted octanol–water partition coefficient (Wildman–Crippen LogP) is 1.13. The van der Waals surface area contributed by atoms with E-state index in [-0.39, 0.29) is 0 Å². The van der Waals surface area contributed by atoms with Gasteiger partial charge in [-0.3, -0.25) is 9.59 Å². The molecule has 0 fully saturated rings. The van der Waals surface area contributed by atoms with Crippen molar-refractivity contribution in [2.24, 2.45) is 11.8 Å². The Morgan fingerprint density at radius 2 is 1.85 bits per heavy atom. The Kier molecular flexibility index (Phi) is 2.70. The van der Waals surface area contributed by atoms with Crippen molar-refractivity contribution in [2.75, 3.05) is 0 Å². The van der Waals surface area contributed by atoms with Crippen molar-refractivity contribution in [1.82, 2.24) is 0 Å². The van der Waals surface area contributed by atoms with Crippen LogP contribution < -0.4 is 0 Å². The Bertz CT molecular complexity index is 267. The summed E-state index contributed by atoms with van der Waals surface area (Å²) in [5.41, 5.74) is 0.963. The van der Waals surface area contributed by atoms with E-state index < -0.39 is 23.8 Å². The third kappa shape index (κ3) is 2.08. The lowest BCUT2D eigenvalue weighted by molar-refractivity contribution is -0.153. The number of carbonyl (C=O) groups is 2. The quantitative estimate of drug-likeness (QED) is 0.631. The van der Waals surface area contributed by atoms with Crippen LogP contribution in [0.15, 0.2) is 11.6 Å². The van der Waals surface area contributed by atoms with Crippen LogP contribution in [0, 0.1) is 11.8 Å². The summed E-state index contributed by atoms with van der Waals surface area (Å²) in [7, 11) is 0. The van der Waals surface area contributed by atoms with Gasteiger partial charge in [0.05, 0.1) is 11.8 Å². The first kappa shape index (κ1) is 9.77. The highest BCUT2D eigenvalue weighted by atomic mass is 16.4. The van der Waals surface area contributed by atoms with Gasteiger partial charge >= 0.3 is 11.9 Å². The lowest BCUT2D eigenvalue weighted by atomic mass is 9.80. The molecule has 1 aliphatic rings. The molecule has 1 rings (SSSR count). The van der Waals surface area contributed by atoms with Crippen molar-refractivity contribution in [3.8, 4) is 0 Å². The SMILES string of the molecule is CC1=CCC(C(=O)O)[C@H](C(=O)O)C1. The van der Waals surface area contributed by atoms with Crippen molar-refractivity contribution in [1.29, 1.82) is 0 Å². The minimum Gasteiger partial charge on any atom is -0.481 e. The molecule has 0 aromatic heterocycles. The molecule has 2 atom stereocenters. The van der Waals surface area contributed by atoms with Crippen molar-refractivity contribution < 1.29 is 19.8 Å². The number of hydrogen-bond donors (Lipinski definition) is 2. The summed E-state index contributed by atoms with van der Waals surface area (Å²) in [4.78, 5) is 21.4. The van der Waals surface area contributed by atoms with E-state index in [0.29, 0.717) is 12.8 Å². The Morgan fingerprint density at radius 3 is 2.31 bits per heavy atom. The second-order valence-electron chi connectivity index (χ2n) is 3.38. The van der Waals surface area contributed by atoms with Gasteiger partial charge in [-0.1, -0.05) is 11.6 Å². The third-order valence-electron chi connectivity index (χ3n) is 2.38. The van der Waals surface area contributed by atoms with Gasteiger partial charge in [0.25, 0.3) is 0 Å². The van der Waals surface area contributed by atoms with Gasteiger partial charge in [0, 0.05) is 0 Å². The van der Waals surface area contributed by atoms with Crippen molar-refractivity contribution in [3.63, 3.8) is 0 Å². The van der Waals surface area contributed by atoms with Crippen LogP contribution in [0.5, 0.6) is 0 Å². The van der Waals surface area contributed by atoms with E-state index in [0.717, 1.165) is 5.57 Å². The molecule has 4 heteroatoms. The van der Waals surface area contributed by atoms with Crippen LogP contribution in [0.2, 0.25) is 0 Å². The van der Waals surface area contributed by atoms with Crippen LogP contribution in [0.4, 0.5) is 0 Å². The zero-order chi connectivity index (χ0) is 10.0. The van der Waals surface area contributed by atoms with E-state index in [1.165, 1.54) is 0 Å². The van der Waals surface area contributed by atoms with Crippen molar-refractivity contribution >= 4 is 11.9 Å². The minimum absolute atomic E-state index is 0.331. The van der Waals surface area contributed by atoms with Gasteiger partial charge in [0.15, 0.2) is 0 Å². The number of carboxylic acids is 2. The lowest BCUT2D eigenvalue weighted by Crippen LogP contribution is -2.31. The van der Waals surface area contributed by atoms with E-state index >= 15 is 0 Å². The van der Waals surface area contributed by atoms with Crippen LogP contribution in [0.3, 0.4) is 0 Å². The number of rotatable bonds is 2. The van der Waals surface area contributed by atoms with Crippen LogP contribution in [0.25, 0.3) is 0 Å². The molecule has 0 bridgehead atoms. The molecular weight excluding hydrogens is 172 g/mol. The van der Waals surface area contributed by atoms with E-state index in [1.807, 2.05) is 6.92 Å². The fraction of sp³-hybridized carbons (Fsp3) is 0.556. The summed E-state index contributed by atoms with van der Waals surface area (Å²) in [5, 5.41) is 17.5. The molecule has 0 aliphatic heterocycles. The molecule has 0 aromatic carbocycles. The Morgan fingerprint density at radius 1 is 1.31 bits per heavy atom. The summed E-state index contributed by atoms with van der Waals surface area (Å²) >= 11 is 0. The van der Waals surface area contributed by atoms with Crippen LogP contribution in [-0.2, 0) is 9.59 Å². The van der Waals surface area contributed by atoms with Gasteiger partial charge in [0.2, 0.25) is 0 Å². The summed E-state index contributed by atoms with van der Waals surface area (Å²) in [6.45, 7) is 1.83. The van der Waals surface area contributed by atoms with Gasteiger partial charge in [-0.15, -0.1) is 0 Å². The summed E-state index contributed by atoms with van der Waals surface area (Å²) in [6, 6.07) is 0. The molecule has 0 amide bonds. The van der Waals surface area contributed by atoms with E-state index in [9.17, 15) is 9.59 Å². The third-order valence-corrected chi connectivity index (χ3v) is 2.38. The molecule has 72 valence electrons. The van der Waals surface area contributed by atoms with Gasteiger partial charge < -0.3 is 10.2 Å². The number of carboxylic acid groups (broad SMARTS) is 2. The normalized spacial score (nSPS) is 27.9. The second-order valence-corrected chi connectivity index (χ2v) is 3.38. The van der Waals surface area contributed by atoms with Crippen LogP contribution >= 0.6 is 0 Å². The first-order chi connectivity index (χ1) is 6.02. The van der Waals surface area contributed by atoms with Crippen LogP contribution in [0.1, 0.15) is 19.8 Å². The summed E-state index contributed by atoms with van der Waals surface area (Å²) in [5.74, 6) is -3.56. The maximum Gasteiger partial charge on any atom is 0.307 e. The largest absolute Gasteiger partial charge is 0.481 e. The standard InChI is InChI=1S/C9H12O4/c1-5-2-3-6(8(10)11)7(4-5)9(12)13/h2,6-7H,3-4H2,1H3,(H,10,11)(H,12,13)/t6?,7-/m1/s1. The maximum atomic E-state index is 10.7. The highest BCUT2D eigenvalue weighted by Crippen LogP contribution is 2.29. The second kappa shape index (κ2) is 3.60. The van der Waals surface area contributed by atoms with Gasteiger partial charge in [-0.2, -0.15) is 0 Å². The van der Waals surface area contributed by atoms with Crippen LogP contribution in [-0.4, -0.2) is 22.2 Å². The number of aliphatic carboxylic acids is 2. The average molecular weight is 184 g/mol. The molecule has 1 aliphatic carbocycles. The zero-order valence-electron chi connectivity index (χ0n) is 7.36. The minimum atomic E-state index is -1.02. The highest BCUT2D eigenvalue weighted by Gasteiger charge is 2.35.